The first kappa shape index (κ1) is 22.3. The number of carbonyl (C=O) groups is 1. The molecular weight excluding hydrogens is 403 g/mol. The Morgan fingerprint density at radius 1 is 1.10 bits per heavy atom. The molecule has 0 bridgehead atoms. The zero-order chi connectivity index (χ0) is 21.9. The van der Waals surface area contributed by atoms with Crippen molar-refractivity contribution in [3.05, 3.63) is 65.0 Å². The van der Waals surface area contributed by atoms with Crippen molar-refractivity contribution in [2.24, 2.45) is 0 Å². The van der Waals surface area contributed by atoms with Gasteiger partial charge in [-0.2, -0.15) is 0 Å². The highest BCUT2D eigenvalue weighted by Crippen LogP contribution is 2.26. The number of hydrogen-bond donors (Lipinski definition) is 1. The van der Waals surface area contributed by atoms with Crippen molar-refractivity contribution >= 4 is 21.6 Å². The Kier molecular flexibility index (Phi) is 6.81. The van der Waals surface area contributed by atoms with Gasteiger partial charge in [-0.1, -0.05) is 25.1 Å². The minimum atomic E-state index is -3.75. The summed E-state index contributed by atoms with van der Waals surface area (Å²) in [7, 11) is -3.75. The lowest BCUT2D eigenvalue weighted by Gasteiger charge is -2.31. The summed E-state index contributed by atoms with van der Waals surface area (Å²) >= 11 is 0. The zero-order valence-corrected chi connectivity index (χ0v) is 18.5. The molecule has 0 saturated carbocycles. The maximum atomic E-state index is 13.3. The van der Waals surface area contributed by atoms with Gasteiger partial charge in [0.1, 0.15) is 11.9 Å². The van der Waals surface area contributed by atoms with E-state index in [1.807, 2.05) is 13.0 Å². The third-order valence-electron chi connectivity index (χ3n) is 5.64. The molecule has 7 heteroatoms. The Hall–Kier alpha value is -2.41. The lowest BCUT2D eigenvalue weighted by Crippen LogP contribution is -2.49. The lowest BCUT2D eigenvalue weighted by molar-refractivity contribution is -0.122. The van der Waals surface area contributed by atoms with Crippen molar-refractivity contribution in [3.8, 4) is 0 Å². The van der Waals surface area contributed by atoms with E-state index in [4.69, 9.17) is 0 Å². The fourth-order valence-electron chi connectivity index (χ4n) is 4.06. The number of sulfonamides is 1. The van der Waals surface area contributed by atoms with Crippen LogP contribution in [0, 0.1) is 5.82 Å². The van der Waals surface area contributed by atoms with Gasteiger partial charge < -0.3 is 5.32 Å². The number of anilines is 1. The molecule has 3 rings (SSSR count). The van der Waals surface area contributed by atoms with Crippen molar-refractivity contribution < 1.29 is 17.6 Å². The highest BCUT2D eigenvalue weighted by Gasteiger charge is 2.32. The van der Waals surface area contributed by atoms with Gasteiger partial charge in [-0.25, -0.2) is 12.8 Å². The molecule has 1 aliphatic rings. The summed E-state index contributed by atoms with van der Waals surface area (Å²) in [5.74, 6) is -0.844. The highest BCUT2D eigenvalue weighted by atomic mass is 32.2. The van der Waals surface area contributed by atoms with Crippen LogP contribution in [0.25, 0.3) is 0 Å². The predicted octanol–water partition coefficient (Wildman–Crippen LogP) is 4.13. The van der Waals surface area contributed by atoms with Crippen molar-refractivity contribution in [2.75, 3.05) is 10.6 Å². The number of halogens is 1. The molecule has 2 atom stereocenters. The van der Waals surface area contributed by atoms with Gasteiger partial charge in [0.2, 0.25) is 15.9 Å². The smallest absolute Gasteiger partial charge is 0.244 e. The summed E-state index contributed by atoms with van der Waals surface area (Å²) in [6.45, 7) is 3.66. The van der Waals surface area contributed by atoms with Crippen LogP contribution >= 0.6 is 0 Å². The minimum absolute atomic E-state index is 0.256. The molecule has 2 aromatic rings. The number of benzene rings is 2. The maximum absolute atomic E-state index is 13.3. The Balaban J connectivity index is 1.82. The zero-order valence-electron chi connectivity index (χ0n) is 17.7. The summed E-state index contributed by atoms with van der Waals surface area (Å²) in [6, 6.07) is 10.3. The molecule has 0 spiro atoms. The van der Waals surface area contributed by atoms with Gasteiger partial charge in [-0.15, -0.1) is 0 Å². The molecule has 1 amide bonds. The van der Waals surface area contributed by atoms with Crippen LogP contribution < -0.4 is 9.62 Å². The van der Waals surface area contributed by atoms with Crippen molar-refractivity contribution in [3.63, 3.8) is 0 Å². The van der Waals surface area contributed by atoms with Gasteiger partial charge in [0.05, 0.1) is 18.0 Å². The van der Waals surface area contributed by atoms with Crippen molar-refractivity contribution in [2.45, 2.75) is 58.0 Å². The number of fused-ring (bicyclic) bond motifs is 1. The standard InChI is InChI=1S/C23H29FN2O3S/c1-4-22(26(30(3,28)29)21-13-11-20(24)12-14-21)23(27)25-16(2)18-10-9-17-7-5-6-8-19(17)15-18/h9-16,22H,4-8H2,1-3H3,(H,25,27)/t16-,22-/m1/s1. The van der Waals surface area contributed by atoms with Gasteiger partial charge in [0.15, 0.2) is 0 Å². The first-order valence-corrected chi connectivity index (χ1v) is 12.2. The van der Waals surface area contributed by atoms with Crippen LogP contribution in [0.1, 0.15) is 55.8 Å². The Morgan fingerprint density at radius 3 is 2.33 bits per heavy atom. The summed E-state index contributed by atoms with van der Waals surface area (Å²) in [4.78, 5) is 13.1. The Morgan fingerprint density at radius 2 is 1.73 bits per heavy atom. The van der Waals surface area contributed by atoms with Crippen LogP contribution in [0.4, 0.5) is 10.1 Å². The van der Waals surface area contributed by atoms with Crippen LogP contribution in [0.3, 0.4) is 0 Å². The third kappa shape index (κ3) is 5.01. The molecule has 1 aliphatic carbocycles. The molecule has 1 N–H and O–H groups in total. The SMILES string of the molecule is CC[C@H](C(=O)N[C@H](C)c1ccc2c(c1)CCCC2)N(c1ccc(F)cc1)S(C)(=O)=O. The van der Waals surface area contributed by atoms with Crippen molar-refractivity contribution in [1.29, 1.82) is 0 Å². The van der Waals surface area contributed by atoms with E-state index in [-0.39, 0.29) is 24.1 Å². The molecule has 0 saturated heterocycles. The van der Waals surface area contributed by atoms with Gasteiger partial charge in [-0.05, 0) is 80.0 Å². The monoisotopic (exact) mass is 432 g/mol. The van der Waals surface area contributed by atoms with Crippen molar-refractivity contribution in [1.82, 2.24) is 5.32 Å². The largest absolute Gasteiger partial charge is 0.348 e. The molecule has 162 valence electrons. The van der Waals surface area contributed by atoms with Crippen LogP contribution in [0.15, 0.2) is 42.5 Å². The van der Waals surface area contributed by atoms with E-state index in [0.717, 1.165) is 29.0 Å². The number of carbonyl (C=O) groups excluding carboxylic acids is 1. The van der Waals surface area contributed by atoms with E-state index in [1.54, 1.807) is 6.92 Å². The Labute approximate surface area is 178 Å². The molecular formula is C23H29FN2O3S. The number of rotatable bonds is 7. The highest BCUT2D eigenvalue weighted by molar-refractivity contribution is 7.92. The second-order valence-corrected chi connectivity index (χ2v) is 9.78. The summed E-state index contributed by atoms with van der Waals surface area (Å²) in [5, 5.41) is 2.97. The Bertz CT molecular complexity index is 1010. The van der Waals surface area contributed by atoms with Crippen LogP contribution in [0.2, 0.25) is 0 Å². The first-order valence-electron chi connectivity index (χ1n) is 10.4. The number of nitrogens with zero attached hydrogens (tertiary/aromatic N) is 1. The molecule has 0 aromatic heterocycles. The van der Waals surface area contributed by atoms with Crippen LogP contribution in [-0.4, -0.2) is 26.6 Å². The lowest BCUT2D eigenvalue weighted by atomic mass is 9.89. The number of hydrogen-bond acceptors (Lipinski definition) is 3. The number of nitrogens with one attached hydrogen (secondary N) is 1. The van der Waals surface area contributed by atoms with E-state index in [1.165, 1.54) is 48.2 Å². The van der Waals surface area contributed by atoms with Crippen LogP contribution in [0.5, 0.6) is 0 Å². The molecule has 2 aromatic carbocycles. The topological polar surface area (TPSA) is 66.5 Å². The molecule has 0 heterocycles. The van der Waals surface area contributed by atoms with E-state index >= 15 is 0 Å². The van der Waals surface area contributed by atoms with Gasteiger partial charge in [0, 0.05) is 0 Å². The average molecular weight is 433 g/mol. The van der Waals surface area contributed by atoms with Gasteiger partial charge in [0.25, 0.3) is 0 Å². The normalized spacial score (nSPS) is 15.7. The number of aryl methyl sites for hydroxylation is 2. The molecule has 0 radical (unpaired) electrons. The van der Waals surface area contributed by atoms with E-state index in [2.05, 4.69) is 17.4 Å². The fourth-order valence-corrected chi connectivity index (χ4v) is 5.28. The van der Waals surface area contributed by atoms with Crippen LogP contribution in [-0.2, 0) is 27.7 Å². The van der Waals surface area contributed by atoms with E-state index in [9.17, 15) is 17.6 Å². The second kappa shape index (κ2) is 9.16. The molecule has 30 heavy (non-hydrogen) atoms. The minimum Gasteiger partial charge on any atom is -0.348 e. The average Bonchev–Trinajstić information content (AvgIpc) is 2.71. The molecule has 0 aliphatic heterocycles. The van der Waals surface area contributed by atoms with Gasteiger partial charge >= 0.3 is 0 Å². The van der Waals surface area contributed by atoms with E-state index < -0.39 is 21.9 Å². The fraction of sp³-hybridized carbons (Fsp3) is 0.435. The number of amides is 1. The predicted molar refractivity (Wildman–Crippen MR) is 117 cm³/mol. The summed E-state index contributed by atoms with van der Waals surface area (Å²) in [6.07, 6.45) is 5.87. The van der Waals surface area contributed by atoms with Gasteiger partial charge in [-0.3, -0.25) is 9.10 Å². The third-order valence-corrected chi connectivity index (χ3v) is 6.82. The first-order chi connectivity index (χ1) is 14.2. The second-order valence-electron chi connectivity index (χ2n) is 7.92. The van der Waals surface area contributed by atoms with E-state index in [0.29, 0.717) is 0 Å². The molecule has 0 unspecified atom stereocenters. The maximum Gasteiger partial charge on any atom is 0.244 e. The quantitative estimate of drug-likeness (QED) is 0.716. The molecule has 5 nitrogen and oxygen atoms in total. The molecule has 0 fully saturated rings. The summed E-state index contributed by atoms with van der Waals surface area (Å²) < 4.78 is 39.4. The summed E-state index contributed by atoms with van der Waals surface area (Å²) in [5.41, 5.74) is 3.97.